The topological polar surface area (TPSA) is 54.9 Å². The molecule has 1 aromatic carbocycles. The Morgan fingerprint density at radius 2 is 2.18 bits per heavy atom. The Labute approximate surface area is 140 Å². The van der Waals surface area contributed by atoms with E-state index in [1.807, 2.05) is 35.7 Å². The van der Waals surface area contributed by atoms with Gasteiger partial charge < -0.3 is 5.32 Å². The Hall–Kier alpha value is -2.05. The summed E-state index contributed by atoms with van der Waals surface area (Å²) in [7, 11) is 0. The molecule has 0 aliphatic heterocycles. The number of benzene rings is 1. The highest BCUT2D eigenvalue weighted by Crippen LogP contribution is 2.34. The summed E-state index contributed by atoms with van der Waals surface area (Å²) >= 11 is 4.98. The quantitative estimate of drug-likeness (QED) is 0.729. The Kier molecular flexibility index (Phi) is 4.31. The third-order valence-corrected chi connectivity index (χ3v) is 4.37. The number of halogens is 1. The molecule has 0 unspecified atom stereocenters. The van der Waals surface area contributed by atoms with Gasteiger partial charge in [0.25, 0.3) is 0 Å². The molecule has 0 radical (unpaired) electrons. The lowest BCUT2D eigenvalue weighted by molar-refractivity contribution is -0.114. The summed E-state index contributed by atoms with van der Waals surface area (Å²) in [6.45, 7) is 1.49. The Morgan fingerprint density at radius 3 is 2.91 bits per heavy atom. The van der Waals surface area contributed by atoms with E-state index in [-0.39, 0.29) is 5.91 Å². The molecule has 1 N–H and O–H groups in total. The molecule has 3 rings (SSSR count). The van der Waals surface area contributed by atoms with Crippen LogP contribution in [-0.4, -0.2) is 15.9 Å². The van der Waals surface area contributed by atoms with E-state index in [2.05, 4.69) is 31.2 Å². The lowest BCUT2D eigenvalue weighted by Gasteiger charge is -2.08. The van der Waals surface area contributed by atoms with Gasteiger partial charge in [-0.1, -0.05) is 15.9 Å². The molecule has 0 fully saturated rings. The van der Waals surface area contributed by atoms with Gasteiger partial charge in [-0.2, -0.15) is 0 Å². The van der Waals surface area contributed by atoms with Crippen molar-refractivity contribution in [1.82, 2.24) is 9.97 Å². The average Bonchev–Trinajstić information content (AvgIpc) is 2.97. The van der Waals surface area contributed by atoms with E-state index in [1.54, 1.807) is 23.7 Å². The highest BCUT2D eigenvalue weighted by Gasteiger charge is 2.12. The van der Waals surface area contributed by atoms with Crippen LogP contribution in [0.25, 0.3) is 21.8 Å². The predicted octanol–water partition coefficient (Wildman–Crippen LogP) is 4.59. The van der Waals surface area contributed by atoms with E-state index < -0.39 is 0 Å². The van der Waals surface area contributed by atoms with Crippen molar-refractivity contribution in [2.24, 2.45) is 0 Å². The maximum Gasteiger partial charge on any atom is 0.221 e. The summed E-state index contributed by atoms with van der Waals surface area (Å²) in [5, 5.41) is 5.73. The standard InChI is InChI=1S/C16H12BrN3OS/c1-10(21)19-14-7-12(17)4-5-13(14)15-9-22-16(20-15)11-3-2-6-18-8-11/h2-9H,1H3,(H,19,21). The second kappa shape index (κ2) is 6.37. The van der Waals surface area contributed by atoms with Crippen LogP contribution in [0.2, 0.25) is 0 Å². The van der Waals surface area contributed by atoms with Crippen molar-refractivity contribution in [3.8, 4) is 21.8 Å². The largest absolute Gasteiger partial charge is 0.326 e. The molecule has 0 bridgehead atoms. The molecule has 3 aromatic rings. The SMILES string of the molecule is CC(=O)Nc1cc(Br)ccc1-c1csc(-c2cccnc2)n1. The van der Waals surface area contributed by atoms with Crippen LogP contribution in [-0.2, 0) is 4.79 Å². The molecule has 0 saturated carbocycles. The molecule has 0 spiro atoms. The van der Waals surface area contributed by atoms with Gasteiger partial charge >= 0.3 is 0 Å². The average molecular weight is 374 g/mol. The zero-order valence-corrected chi connectivity index (χ0v) is 14.1. The number of carbonyl (C=O) groups is 1. The number of carbonyl (C=O) groups excluding carboxylic acids is 1. The molecule has 110 valence electrons. The van der Waals surface area contributed by atoms with Gasteiger partial charge in [-0.25, -0.2) is 4.98 Å². The predicted molar refractivity (Wildman–Crippen MR) is 92.8 cm³/mol. The number of hydrogen-bond acceptors (Lipinski definition) is 4. The van der Waals surface area contributed by atoms with E-state index in [0.29, 0.717) is 0 Å². The van der Waals surface area contributed by atoms with Crippen molar-refractivity contribution >= 4 is 38.9 Å². The van der Waals surface area contributed by atoms with Gasteiger partial charge in [-0.05, 0) is 30.3 Å². The molecule has 0 saturated heterocycles. The molecular formula is C16H12BrN3OS. The van der Waals surface area contributed by atoms with Crippen LogP contribution in [0.5, 0.6) is 0 Å². The van der Waals surface area contributed by atoms with Crippen LogP contribution >= 0.6 is 27.3 Å². The highest BCUT2D eigenvalue weighted by atomic mass is 79.9. The van der Waals surface area contributed by atoms with Crippen molar-refractivity contribution in [2.45, 2.75) is 6.92 Å². The summed E-state index contributed by atoms with van der Waals surface area (Å²) in [5.41, 5.74) is 3.45. The minimum absolute atomic E-state index is 0.109. The van der Waals surface area contributed by atoms with Crippen molar-refractivity contribution in [1.29, 1.82) is 0 Å². The van der Waals surface area contributed by atoms with Crippen LogP contribution in [0.1, 0.15) is 6.92 Å². The van der Waals surface area contributed by atoms with Gasteiger partial charge in [0, 0.05) is 40.3 Å². The second-order valence-electron chi connectivity index (χ2n) is 4.65. The fraction of sp³-hybridized carbons (Fsp3) is 0.0625. The molecule has 22 heavy (non-hydrogen) atoms. The van der Waals surface area contributed by atoms with Gasteiger partial charge in [0.05, 0.1) is 11.4 Å². The first-order valence-corrected chi connectivity index (χ1v) is 8.24. The number of anilines is 1. The fourth-order valence-corrected chi connectivity index (χ4v) is 3.22. The van der Waals surface area contributed by atoms with Crippen LogP contribution in [0, 0.1) is 0 Å². The van der Waals surface area contributed by atoms with Crippen molar-refractivity contribution in [3.63, 3.8) is 0 Å². The molecule has 2 aromatic heterocycles. The van der Waals surface area contributed by atoms with Crippen molar-refractivity contribution in [2.75, 3.05) is 5.32 Å². The van der Waals surface area contributed by atoms with Gasteiger partial charge in [0.15, 0.2) is 0 Å². The molecule has 0 aliphatic carbocycles. The zero-order chi connectivity index (χ0) is 15.5. The minimum Gasteiger partial charge on any atom is -0.326 e. The van der Waals surface area contributed by atoms with E-state index in [1.165, 1.54) is 6.92 Å². The molecular weight excluding hydrogens is 362 g/mol. The zero-order valence-electron chi connectivity index (χ0n) is 11.7. The van der Waals surface area contributed by atoms with E-state index in [0.717, 1.165) is 32.0 Å². The third-order valence-electron chi connectivity index (χ3n) is 2.98. The summed E-state index contributed by atoms with van der Waals surface area (Å²) in [6.07, 6.45) is 3.53. The molecule has 2 heterocycles. The van der Waals surface area contributed by atoms with Crippen LogP contribution in [0.3, 0.4) is 0 Å². The summed E-state index contributed by atoms with van der Waals surface area (Å²) in [6, 6.07) is 9.62. The van der Waals surface area contributed by atoms with E-state index in [9.17, 15) is 4.79 Å². The number of aromatic nitrogens is 2. The monoisotopic (exact) mass is 373 g/mol. The minimum atomic E-state index is -0.109. The van der Waals surface area contributed by atoms with Gasteiger partial charge in [0.2, 0.25) is 5.91 Å². The lowest BCUT2D eigenvalue weighted by Crippen LogP contribution is -2.07. The number of nitrogens with zero attached hydrogens (tertiary/aromatic N) is 2. The number of nitrogens with one attached hydrogen (secondary N) is 1. The molecule has 1 amide bonds. The van der Waals surface area contributed by atoms with Gasteiger partial charge in [-0.15, -0.1) is 11.3 Å². The van der Waals surface area contributed by atoms with Crippen LogP contribution in [0.4, 0.5) is 5.69 Å². The smallest absolute Gasteiger partial charge is 0.221 e. The number of hydrogen-bond donors (Lipinski definition) is 1. The first kappa shape index (κ1) is 14.9. The maximum atomic E-state index is 11.4. The highest BCUT2D eigenvalue weighted by molar-refractivity contribution is 9.10. The Morgan fingerprint density at radius 1 is 1.32 bits per heavy atom. The first-order chi connectivity index (χ1) is 10.6. The van der Waals surface area contributed by atoms with Crippen LogP contribution < -0.4 is 5.32 Å². The summed E-state index contributed by atoms with van der Waals surface area (Å²) < 4.78 is 0.905. The van der Waals surface area contributed by atoms with Crippen molar-refractivity contribution < 1.29 is 4.79 Å². The summed E-state index contributed by atoms with van der Waals surface area (Å²) in [5.74, 6) is -0.109. The van der Waals surface area contributed by atoms with Crippen molar-refractivity contribution in [3.05, 3.63) is 52.6 Å². The Bertz CT molecular complexity index is 817. The number of rotatable bonds is 3. The normalized spacial score (nSPS) is 10.5. The number of pyridine rings is 1. The van der Waals surface area contributed by atoms with Gasteiger partial charge in [0.1, 0.15) is 5.01 Å². The third kappa shape index (κ3) is 3.23. The first-order valence-electron chi connectivity index (χ1n) is 6.57. The molecule has 0 aliphatic rings. The van der Waals surface area contributed by atoms with Crippen LogP contribution in [0.15, 0.2) is 52.6 Å². The number of amides is 1. The van der Waals surface area contributed by atoms with E-state index in [4.69, 9.17) is 0 Å². The summed E-state index contributed by atoms with van der Waals surface area (Å²) in [4.78, 5) is 20.2. The lowest BCUT2D eigenvalue weighted by atomic mass is 10.1. The fourth-order valence-electron chi connectivity index (χ4n) is 2.05. The molecule has 4 nitrogen and oxygen atoms in total. The second-order valence-corrected chi connectivity index (χ2v) is 6.42. The Balaban J connectivity index is 2.02. The molecule has 0 atom stereocenters. The number of thiazole rings is 1. The maximum absolute atomic E-state index is 11.4. The van der Waals surface area contributed by atoms with E-state index >= 15 is 0 Å². The van der Waals surface area contributed by atoms with Gasteiger partial charge in [-0.3, -0.25) is 9.78 Å². The molecule has 6 heteroatoms.